The molecule has 0 aliphatic carbocycles. The van der Waals surface area contributed by atoms with Gasteiger partial charge in [-0.05, 0) is 37.4 Å². The monoisotopic (exact) mass is 492 g/mol. The zero-order chi connectivity index (χ0) is 24.0. The first-order chi connectivity index (χ1) is 16.5. The molecule has 1 unspecified atom stereocenters. The van der Waals surface area contributed by atoms with Crippen molar-refractivity contribution in [2.24, 2.45) is 0 Å². The lowest BCUT2D eigenvalue weighted by Gasteiger charge is -2.33. The van der Waals surface area contributed by atoms with Gasteiger partial charge in [-0.3, -0.25) is 4.79 Å². The highest BCUT2D eigenvalue weighted by Gasteiger charge is 2.47. The molecule has 2 aromatic carbocycles. The van der Waals surface area contributed by atoms with Gasteiger partial charge in [0.1, 0.15) is 10.7 Å². The van der Waals surface area contributed by atoms with E-state index < -0.39 is 12.0 Å². The largest absolute Gasteiger partial charge is 0.854 e. The van der Waals surface area contributed by atoms with Crippen LogP contribution in [0.3, 0.4) is 0 Å². The zero-order valence-electron chi connectivity index (χ0n) is 18.8. The minimum Gasteiger partial charge on any atom is -0.854 e. The summed E-state index contributed by atoms with van der Waals surface area (Å²) < 4.78 is 3.21. The Balaban J connectivity index is 1.84. The van der Waals surface area contributed by atoms with Crippen molar-refractivity contribution < 1.29 is 14.6 Å². The smallest absolute Gasteiger partial charge is 0.297 e. The van der Waals surface area contributed by atoms with Crippen molar-refractivity contribution in [2.75, 3.05) is 11.2 Å². The van der Waals surface area contributed by atoms with Gasteiger partial charge in [-0.15, -0.1) is 0 Å². The van der Waals surface area contributed by atoms with Gasteiger partial charge in [-0.1, -0.05) is 65.3 Å². The van der Waals surface area contributed by atoms with Gasteiger partial charge in [0.05, 0.1) is 28.5 Å². The normalized spacial score (nSPS) is 14.6. The summed E-state index contributed by atoms with van der Waals surface area (Å²) in [5.74, 6) is -0.542. The molecule has 10 heteroatoms. The van der Waals surface area contributed by atoms with Crippen molar-refractivity contribution in [3.63, 3.8) is 0 Å². The molecule has 0 radical (unpaired) electrons. The fourth-order valence-corrected chi connectivity index (χ4v) is 4.98. The highest BCUT2D eigenvalue weighted by Crippen LogP contribution is 2.43. The Kier molecular flexibility index (Phi) is 5.75. The second kappa shape index (κ2) is 8.73. The molecule has 8 nitrogen and oxygen atoms in total. The minimum absolute atomic E-state index is 0.129. The summed E-state index contributed by atoms with van der Waals surface area (Å²) in [7, 11) is 0. The van der Waals surface area contributed by atoms with E-state index in [1.807, 2.05) is 55.5 Å². The molecule has 0 saturated carbocycles. The summed E-state index contributed by atoms with van der Waals surface area (Å²) in [6, 6.07) is 16.8. The first-order valence-electron chi connectivity index (χ1n) is 10.7. The second-order valence-electron chi connectivity index (χ2n) is 7.74. The number of hydrogen-bond acceptors (Lipinski definition) is 6. The van der Waals surface area contributed by atoms with Crippen molar-refractivity contribution in [2.45, 2.75) is 31.6 Å². The van der Waals surface area contributed by atoms with Crippen LogP contribution in [0, 0.1) is 6.92 Å². The number of rotatable bonds is 4. The number of para-hydroxylation sites is 2. The standard InChI is InChI=1S/C24H21ClN6O2S/c1-4-18(32)29-17-13-9-8-12-16(17)20-22(33)26-24(34-3)28-31(20)23(29)19-14(2)27-30(21(19)25)15-10-6-5-7-11-15/h5-13,23H,4H2,1-3H3. The molecule has 1 amide bonds. The number of carbonyl (C=O) groups is 1. The molecule has 0 N–H and O–H groups in total. The van der Waals surface area contributed by atoms with Gasteiger partial charge in [0, 0.05) is 11.5 Å². The van der Waals surface area contributed by atoms with Gasteiger partial charge < -0.3 is 5.11 Å². The molecular weight excluding hydrogens is 472 g/mol. The molecule has 1 aliphatic heterocycles. The van der Waals surface area contributed by atoms with Crippen LogP contribution in [0.1, 0.15) is 30.8 Å². The fraction of sp³-hybridized carbons (Fsp3) is 0.208. The third kappa shape index (κ3) is 3.43. The van der Waals surface area contributed by atoms with Crippen LogP contribution in [0.4, 0.5) is 5.69 Å². The van der Waals surface area contributed by atoms with Crippen LogP contribution in [0.25, 0.3) is 16.9 Å². The predicted octanol–water partition coefficient (Wildman–Crippen LogP) is 3.68. The quantitative estimate of drug-likeness (QED) is 0.319. The van der Waals surface area contributed by atoms with Crippen LogP contribution in [0.5, 0.6) is 5.88 Å². The maximum atomic E-state index is 13.4. The number of aromatic nitrogens is 5. The van der Waals surface area contributed by atoms with Crippen molar-refractivity contribution in [3.05, 3.63) is 71.0 Å². The average Bonchev–Trinajstić information content (AvgIpc) is 3.16. The van der Waals surface area contributed by atoms with Gasteiger partial charge in [0.25, 0.3) is 17.0 Å². The molecule has 3 heterocycles. The summed E-state index contributed by atoms with van der Waals surface area (Å²) in [5, 5.41) is 23.2. The Morgan fingerprint density at radius 3 is 2.59 bits per heavy atom. The van der Waals surface area contributed by atoms with E-state index in [1.165, 1.54) is 11.8 Å². The first-order valence-corrected chi connectivity index (χ1v) is 12.3. The van der Waals surface area contributed by atoms with E-state index in [2.05, 4.69) is 15.2 Å². The number of anilines is 1. The van der Waals surface area contributed by atoms with Crippen molar-refractivity contribution in [1.29, 1.82) is 0 Å². The SMILES string of the molecule is CCC(=O)N1c2ccccc2-c2c([O-])nc(SC)n[n+]2C1c1c(C)nn(-c2ccccc2)c1Cl. The first kappa shape index (κ1) is 22.4. The summed E-state index contributed by atoms with van der Waals surface area (Å²) in [4.78, 5) is 19.2. The number of fused-ring (bicyclic) bond motifs is 3. The van der Waals surface area contributed by atoms with E-state index in [0.29, 0.717) is 38.5 Å². The lowest BCUT2D eigenvalue weighted by atomic mass is 10.0. The number of benzene rings is 2. The van der Waals surface area contributed by atoms with Crippen molar-refractivity contribution in [3.8, 4) is 22.8 Å². The molecule has 0 saturated heterocycles. The molecule has 1 atom stereocenters. The molecule has 4 aromatic rings. The molecule has 5 rings (SSSR count). The Morgan fingerprint density at radius 2 is 1.88 bits per heavy atom. The highest BCUT2D eigenvalue weighted by molar-refractivity contribution is 7.98. The molecule has 0 spiro atoms. The molecule has 1 aliphatic rings. The van der Waals surface area contributed by atoms with Crippen LogP contribution < -0.4 is 14.7 Å². The van der Waals surface area contributed by atoms with Crippen molar-refractivity contribution >= 4 is 35.0 Å². The molecule has 2 aromatic heterocycles. The van der Waals surface area contributed by atoms with E-state index in [4.69, 9.17) is 11.6 Å². The minimum atomic E-state index is -0.802. The summed E-state index contributed by atoms with van der Waals surface area (Å²) in [6.07, 6.45) is 1.26. The highest BCUT2D eigenvalue weighted by atomic mass is 35.5. The molecule has 0 bridgehead atoms. The molecule has 34 heavy (non-hydrogen) atoms. The fourth-order valence-electron chi connectivity index (χ4n) is 4.27. The molecule has 172 valence electrons. The number of amides is 1. The number of thioether (sulfide) groups is 1. The van der Waals surface area contributed by atoms with Crippen LogP contribution in [0.2, 0.25) is 5.15 Å². The summed E-state index contributed by atoms with van der Waals surface area (Å²) in [5.41, 5.74) is 3.53. The maximum Gasteiger partial charge on any atom is 0.297 e. The van der Waals surface area contributed by atoms with Crippen LogP contribution in [0.15, 0.2) is 59.8 Å². The van der Waals surface area contributed by atoms with E-state index in [9.17, 15) is 9.90 Å². The van der Waals surface area contributed by atoms with E-state index in [-0.39, 0.29) is 12.3 Å². The predicted molar refractivity (Wildman–Crippen MR) is 128 cm³/mol. The lowest BCUT2D eigenvalue weighted by molar-refractivity contribution is -0.764. The number of hydrogen-bond donors (Lipinski definition) is 0. The van der Waals surface area contributed by atoms with E-state index in [0.717, 1.165) is 5.69 Å². The number of aryl methyl sites for hydroxylation is 1. The van der Waals surface area contributed by atoms with Gasteiger partial charge in [-0.25, -0.2) is 14.6 Å². The molecule has 0 fully saturated rings. The van der Waals surface area contributed by atoms with Crippen LogP contribution >= 0.6 is 23.4 Å². The zero-order valence-corrected chi connectivity index (χ0v) is 20.3. The van der Waals surface area contributed by atoms with E-state index in [1.54, 1.807) is 33.5 Å². The van der Waals surface area contributed by atoms with Gasteiger partial charge in [-0.2, -0.15) is 5.10 Å². The van der Waals surface area contributed by atoms with Gasteiger partial charge in [0.15, 0.2) is 0 Å². The third-order valence-electron chi connectivity index (χ3n) is 5.78. The number of halogens is 1. The van der Waals surface area contributed by atoms with Gasteiger partial charge in [0.2, 0.25) is 5.91 Å². The summed E-state index contributed by atoms with van der Waals surface area (Å²) in [6.45, 7) is 3.64. The second-order valence-corrected chi connectivity index (χ2v) is 8.87. The van der Waals surface area contributed by atoms with Crippen LogP contribution in [-0.2, 0) is 4.79 Å². The lowest BCUT2D eigenvalue weighted by Crippen LogP contribution is -2.59. The average molecular weight is 493 g/mol. The Hall–Kier alpha value is -3.43. The Morgan fingerprint density at radius 1 is 1.18 bits per heavy atom. The van der Waals surface area contributed by atoms with Gasteiger partial charge >= 0.3 is 0 Å². The maximum absolute atomic E-state index is 13.4. The molecular formula is C24H21ClN6O2S. The van der Waals surface area contributed by atoms with E-state index >= 15 is 0 Å². The van der Waals surface area contributed by atoms with Crippen molar-refractivity contribution in [1.82, 2.24) is 19.9 Å². The topological polar surface area (TPSA) is 90.8 Å². The number of nitrogens with zero attached hydrogens (tertiary/aromatic N) is 6. The third-order valence-corrected chi connectivity index (χ3v) is 6.68. The summed E-state index contributed by atoms with van der Waals surface area (Å²) >= 11 is 8.20. The number of carbonyl (C=O) groups excluding carboxylic acids is 1. The Bertz CT molecular complexity index is 1410. The Labute approximate surface area is 205 Å². The van der Waals surface area contributed by atoms with Crippen LogP contribution in [-0.4, -0.2) is 32.0 Å².